The Bertz CT molecular complexity index is 720. The molecule has 128 valence electrons. The summed E-state index contributed by atoms with van der Waals surface area (Å²) in [4.78, 5) is 27.4. The Morgan fingerprint density at radius 3 is 2.83 bits per heavy atom. The SMILES string of the molecule is COCCC(NC(=O)c1csc(Cc2ccccc2F)n1)C(=O)O. The number of carbonyl (C=O) groups excluding carboxylic acids is 1. The monoisotopic (exact) mass is 352 g/mol. The Morgan fingerprint density at radius 1 is 1.42 bits per heavy atom. The number of benzene rings is 1. The lowest BCUT2D eigenvalue weighted by Gasteiger charge is -2.12. The highest BCUT2D eigenvalue weighted by atomic mass is 32.1. The Hall–Kier alpha value is -2.32. The van der Waals surface area contributed by atoms with E-state index in [2.05, 4.69) is 10.3 Å². The van der Waals surface area contributed by atoms with Gasteiger partial charge < -0.3 is 15.2 Å². The first kappa shape index (κ1) is 18.0. The quantitative estimate of drug-likeness (QED) is 0.759. The van der Waals surface area contributed by atoms with Crippen LogP contribution in [0.2, 0.25) is 0 Å². The number of carbonyl (C=O) groups is 2. The highest BCUT2D eigenvalue weighted by Crippen LogP contribution is 2.17. The van der Waals surface area contributed by atoms with Crippen LogP contribution in [0.5, 0.6) is 0 Å². The number of halogens is 1. The minimum atomic E-state index is -1.14. The Morgan fingerprint density at radius 2 is 2.17 bits per heavy atom. The van der Waals surface area contributed by atoms with Crippen LogP contribution in [-0.2, 0) is 16.0 Å². The number of ether oxygens (including phenoxy) is 1. The minimum absolute atomic E-state index is 0.120. The number of rotatable bonds is 8. The molecule has 1 aromatic heterocycles. The molecule has 0 fully saturated rings. The van der Waals surface area contributed by atoms with Gasteiger partial charge >= 0.3 is 5.97 Å². The van der Waals surface area contributed by atoms with E-state index in [-0.39, 0.29) is 31.0 Å². The molecule has 2 aromatic rings. The van der Waals surface area contributed by atoms with E-state index >= 15 is 0 Å². The second kappa shape index (κ2) is 8.51. The molecule has 0 radical (unpaired) electrons. The zero-order valence-corrected chi connectivity index (χ0v) is 13.8. The maximum Gasteiger partial charge on any atom is 0.326 e. The number of hydrogen-bond donors (Lipinski definition) is 2. The van der Waals surface area contributed by atoms with Crippen molar-refractivity contribution in [3.05, 3.63) is 51.7 Å². The van der Waals surface area contributed by atoms with Crippen molar-refractivity contribution in [2.24, 2.45) is 0 Å². The number of methoxy groups -OCH3 is 1. The van der Waals surface area contributed by atoms with E-state index in [0.717, 1.165) is 0 Å². The second-order valence-electron chi connectivity index (χ2n) is 5.04. The van der Waals surface area contributed by atoms with E-state index in [1.807, 2.05) is 0 Å². The summed E-state index contributed by atoms with van der Waals surface area (Å²) in [6, 6.07) is 5.30. The molecule has 0 spiro atoms. The van der Waals surface area contributed by atoms with Gasteiger partial charge in [0.1, 0.15) is 17.6 Å². The second-order valence-corrected chi connectivity index (χ2v) is 5.98. The van der Waals surface area contributed by atoms with Crippen molar-refractivity contribution < 1.29 is 23.8 Å². The average Bonchev–Trinajstić information content (AvgIpc) is 3.02. The summed E-state index contributed by atoms with van der Waals surface area (Å²) >= 11 is 1.22. The first-order chi connectivity index (χ1) is 11.5. The van der Waals surface area contributed by atoms with Crippen LogP contribution in [0.3, 0.4) is 0 Å². The van der Waals surface area contributed by atoms with Crippen molar-refractivity contribution in [3.63, 3.8) is 0 Å². The van der Waals surface area contributed by atoms with E-state index in [4.69, 9.17) is 9.84 Å². The van der Waals surface area contributed by atoms with Crippen molar-refractivity contribution in [2.45, 2.75) is 18.9 Å². The molecule has 0 bridgehead atoms. The van der Waals surface area contributed by atoms with E-state index < -0.39 is 17.9 Å². The number of hydrogen-bond acceptors (Lipinski definition) is 5. The summed E-state index contributed by atoms with van der Waals surface area (Å²) in [6.45, 7) is 0.215. The van der Waals surface area contributed by atoms with E-state index in [9.17, 15) is 14.0 Å². The van der Waals surface area contributed by atoms with Gasteiger partial charge in [0.25, 0.3) is 5.91 Å². The fourth-order valence-corrected chi connectivity index (χ4v) is 2.82. The molecule has 1 amide bonds. The number of nitrogens with zero attached hydrogens (tertiary/aromatic N) is 1. The Labute approximate surface area is 142 Å². The summed E-state index contributed by atoms with van der Waals surface area (Å²) in [5, 5.41) is 13.6. The lowest BCUT2D eigenvalue weighted by atomic mass is 10.1. The molecular formula is C16H17FN2O4S. The van der Waals surface area contributed by atoms with Crippen LogP contribution in [0.25, 0.3) is 0 Å². The first-order valence-electron chi connectivity index (χ1n) is 7.21. The maximum absolute atomic E-state index is 13.6. The van der Waals surface area contributed by atoms with Crippen LogP contribution in [0, 0.1) is 5.82 Å². The van der Waals surface area contributed by atoms with Crippen molar-refractivity contribution >= 4 is 23.2 Å². The number of amides is 1. The largest absolute Gasteiger partial charge is 0.480 e. The zero-order valence-electron chi connectivity index (χ0n) is 13.0. The van der Waals surface area contributed by atoms with E-state index in [1.54, 1.807) is 18.2 Å². The number of aromatic nitrogens is 1. The smallest absolute Gasteiger partial charge is 0.326 e. The predicted molar refractivity (Wildman–Crippen MR) is 86.7 cm³/mol. The van der Waals surface area contributed by atoms with E-state index in [0.29, 0.717) is 10.6 Å². The number of carboxylic acids is 1. The molecule has 1 unspecified atom stereocenters. The van der Waals surface area contributed by atoms with Gasteiger partial charge in [-0.05, 0) is 11.6 Å². The number of nitrogens with one attached hydrogen (secondary N) is 1. The topological polar surface area (TPSA) is 88.5 Å². The third-order valence-electron chi connectivity index (χ3n) is 3.30. The summed E-state index contributed by atoms with van der Waals surface area (Å²) < 4.78 is 18.5. The molecule has 6 nitrogen and oxygen atoms in total. The molecule has 0 saturated carbocycles. The molecule has 0 aliphatic heterocycles. The summed E-state index contributed by atoms with van der Waals surface area (Å²) in [5.74, 6) is -2.04. The average molecular weight is 352 g/mol. The molecule has 2 rings (SSSR count). The van der Waals surface area contributed by atoms with Crippen LogP contribution in [0.1, 0.15) is 27.5 Å². The zero-order chi connectivity index (χ0) is 17.5. The van der Waals surface area contributed by atoms with Crippen molar-refractivity contribution in [3.8, 4) is 0 Å². The van der Waals surface area contributed by atoms with Crippen molar-refractivity contribution in [1.29, 1.82) is 0 Å². The van der Waals surface area contributed by atoms with Gasteiger partial charge in [-0.1, -0.05) is 18.2 Å². The van der Waals surface area contributed by atoms with Gasteiger partial charge in [-0.15, -0.1) is 11.3 Å². The minimum Gasteiger partial charge on any atom is -0.480 e. The number of thiazole rings is 1. The van der Waals surface area contributed by atoms with Gasteiger partial charge in [-0.2, -0.15) is 0 Å². The third kappa shape index (κ3) is 4.84. The fourth-order valence-electron chi connectivity index (χ4n) is 2.03. The first-order valence-corrected chi connectivity index (χ1v) is 8.09. The van der Waals surface area contributed by atoms with Crippen LogP contribution in [0.4, 0.5) is 4.39 Å². The Balaban J connectivity index is 2.02. The summed E-state index contributed by atoms with van der Waals surface area (Å²) in [6.07, 6.45) is 0.431. The van der Waals surface area contributed by atoms with E-state index in [1.165, 1.54) is 29.9 Å². The van der Waals surface area contributed by atoms with Gasteiger partial charge in [0, 0.05) is 31.9 Å². The molecular weight excluding hydrogens is 335 g/mol. The third-order valence-corrected chi connectivity index (χ3v) is 4.15. The van der Waals surface area contributed by atoms with Crippen LogP contribution >= 0.6 is 11.3 Å². The van der Waals surface area contributed by atoms with Crippen LogP contribution in [-0.4, -0.2) is 41.7 Å². The predicted octanol–water partition coefficient (Wildman–Crippen LogP) is 2.09. The summed E-state index contributed by atoms with van der Waals surface area (Å²) in [7, 11) is 1.45. The summed E-state index contributed by atoms with van der Waals surface area (Å²) in [5.41, 5.74) is 0.609. The molecule has 0 saturated heterocycles. The highest BCUT2D eigenvalue weighted by Gasteiger charge is 2.21. The van der Waals surface area contributed by atoms with Gasteiger partial charge in [-0.3, -0.25) is 4.79 Å². The number of carboxylic acid groups (broad SMARTS) is 1. The molecule has 2 N–H and O–H groups in total. The van der Waals surface area contributed by atoms with Crippen LogP contribution in [0.15, 0.2) is 29.6 Å². The lowest BCUT2D eigenvalue weighted by molar-refractivity contribution is -0.139. The van der Waals surface area contributed by atoms with Crippen LogP contribution < -0.4 is 5.32 Å². The maximum atomic E-state index is 13.6. The van der Waals surface area contributed by atoms with Crippen molar-refractivity contribution in [2.75, 3.05) is 13.7 Å². The van der Waals surface area contributed by atoms with Gasteiger partial charge in [0.2, 0.25) is 0 Å². The van der Waals surface area contributed by atoms with Gasteiger partial charge in [-0.25, -0.2) is 14.2 Å². The Kier molecular flexibility index (Phi) is 6.39. The van der Waals surface area contributed by atoms with Gasteiger partial charge in [0.05, 0.1) is 5.01 Å². The molecule has 0 aliphatic carbocycles. The molecule has 8 heteroatoms. The fraction of sp³-hybridized carbons (Fsp3) is 0.312. The molecule has 1 aromatic carbocycles. The lowest BCUT2D eigenvalue weighted by Crippen LogP contribution is -2.41. The van der Waals surface area contributed by atoms with Crippen molar-refractivity contribution in [1.82, 2.24) is 10.3 Å². The molecule has 1 heterocycles. The standard InChI is InChI=1S/C16H17FN2O4S/c1-23-7-6-12(16(21)22)19-15(20)13-9-24-14(18-13)8-10-4-2-3-5-11(10)17/h2-5,9,12H,6-8H2,1H3,(H,19,20)(H,21,22). The highest BCUT2D eigenvalue weighted by molar-refractivity contribution is 7.09. The molecule has 24 heavy (non-hydrogen) atoms. The normalized spacial score (nSPS) is 11.9. The molecule has 1 atom stereocenters. The molecule has 0 aliphatic rings. The number of aliphatic carboxylic acids is 1. The van der Waals surface area contributed by atoms with Gasteiger partial charge in [0.15, 0.2) is 0 Å².